The predicted octanol–water partition coefficient (Wildman–Crippen LogP) is 2.91. The van der Waals surface area contributed by atoms with Gasteiger partial charge in [-0.3, -0.25) is 9.59 Å². The average molecular weight is 406 g/mol. The number of fused-ring (bicyclic) bond motifs is 1. The van der Waals surface area contributed by atoms with Gasteiger partial charge in [0.2, 0.25) is 11.8 Å². The van der Waals surface area contributed by atoms with Gasteiger partial charge in [-0.15, -0.1) is 0 Å². The minimum absolute atomic E-state index is 0.0567. The van der Waals surface area contributed by atoms with E-state index in [1.54, 1.807) is 4.90 Å². The first kappa shape index (κ1) is 19.9. The molecule has 7 heteroatoms. The number of rotatable bonds is 7. The molecule has 4 rings (SSSR count). The smallest absolute Gasteiger partial charge is 0.227 e. The van der Waals surface area contributed by atoms with Gasteiger partial charge in [0.15, 0.2) is 0 Å². The third kappa shape index (κ3) is 3.87. The largest absolute Gasteiger partial charge is 0.492 e. The molecule has 0 spiro atoms. The van der Waals surface area contributed by atoms with E-state index in [-0.39, 0.29) is 24.2 Å². The summed E-state index contributed by atoms with van der Waals surface area (Å²) in [6.45, 7) is 5.87. The van der Waals surface area contributed by atoms with Gasteiger partial charge in [0.25, 0.3) is 0 Å². The number of aromatic nitrogens is 2. The summed E-state index contributed by atoms with van der Waals surface area (Å²) in [6, 6.07) is 15.4. The van der Waals surface area contributed by atoms with Gasteiger partial charge in [0.05, 0.1) is 29.2 Å². The zero-order valence-electron chi connectivity index (χ0n) is 17.3. The number of benzene rings is 2. The molecule has 1 aromatic heterocycles. The van der Waals surface area contributed by atoms with Gasteiger partial charge < -0.3 is 19.5 Å². The Morgan fingerprint density at radius 1 is 1.20 bits per heavy atom. The lowest BCUT2D eigenvalue weighted by Crippen LogP contribution is -2.35. The predicted molar refractivity (Wildman–Crippen MR) is 116 cm³/mol. The van der Waals surface area contributed by atoms with Gasteiger partial charge in [0, 0.05) is 26.1 Å². The minimum Gasteiger partial charge on any atom is -0.492 e. The molecule has 1 saturated heterocycles. The van der Waals surface area contributed by atoms with Gasteiger partial charge in [0.1, 0.15) is 11.6 Å². The fourth-order valence-electron chi connectivity index (χ4n) is 3.99. The number of hydrogen-bond acceptors (Lipinski definition) is 4. The van der Waals surface area contributed by atoms with Crippen LogP contribution in [0, 0.1) is 12.8 Å². The highest BCUT2D eigenvalue weighted by Crippen LogP contribution is 2.33. The lowest BCUT2D eigenvalue weighted by atomic mass is 10.1. The number of ether oxygens (including phenoxy) is 1. The molecule has 0 saturated carbocycles. The molecule has 1 N–H and O–H groups in total. The molecular formula is C23H26N4O3. The van der Waals surface area contributed by atoms with E-state index < -0.39 is 0 Å². The van der Waals surface area contributed by atoms with Crippen molar-refractivity contribution in [2.75, 3.05) is 24.6 Å². The molecule has 30 heavy (non-hydrogen) atoms. The molecular weight excluding hydrogens is 380 g/mol. The summed E-state index contributed by atoms with van der Waals surface area (Å²) < 4.78 is 7.74. The number of hydrogen-bond donors (Lipinski definition) is 1. The summed E-state index contributed by atoms with van der Waals surface area (Å²) in [5, 5.41) is 2.99. The number of anilines is 1. The standard InChI is InChI=1S/C23H26N4O3/c1-3-30-21-11-7-6-10-20(21)27-15-17(14-22(27)28)23(29)24-12-13-26-16(2)25-18-8-4-5-9-19(18)26/h4-11,17H,3,12-15H2,1-2H3,(H,24,29). The number of imidazole rings is 1. The van der Waals surface area contributed by atoms with E-state index in [1.807, 2.05) is 62.4 Å². The second-order valence-corrected chi connectivity index (χ2v) is 7.40. The minimum atomic E-state index is -0.368. The highest BCUT2D eigenvalue weighted by atomic mass is 16.5. The lowest BCUT2D eigenvalue weighted by Gasteiger charge is -2.20. The van der Waals surface area contributed by atoms with Crippen LogP contribution in [0.2, 0.25) is 0 Å². The van der Waals surface area contributed by atoms with Crippen LogP contribution in [0.25, 0.3) is 11.0 Å². The molecule has 1 aliphatic rings. The second kappa shape index (κ2) is 8.57. The summed E-state index contributed by atoms with van der Waals surface area (Å²) in [5.41, 5.74) is 2.73. The Labute approximate surface area is 175 Å². The summed E-state index contributed by atoms with van der Waals surface area (Å²) in [5.74, 6) is 1.06. The molecule has 2 amide bonds. The molecule has 0 aliphatic carbocycles. The number of carbonyl (C=O) groups excluding carboxylic acids is 2. The van der Waals surface area contributed by atoms with Gasteiger partial charge in [-0.25, -0.2) is 4.98 Å². The maximum absolute atomic E-state index is 12.7. The van der Waals surface area contributed by atoms with Crippen molar-refractivity contribution in [1.29, 1.82) is 0 Å². The molecule has 156 valence electrons. The fourth-order valence-corrected chi connectivity index (χ4v) is 3.99. The Morgan fingerprint density at radius 2 is 1.97 bits per heavy atom. The summed E-state index contributed by atoms with van der Waals surface area (Å²) in [4.78, 5) is 31.5. The van der Waals surface area contributed by atoms with E-state index >= 15 is 0 Å². The monoisotopic (exact) mass is 406 g/mol. The normalized spacial score (nSPS) is 16.3. The molecule has 1 atom stereocenters. The van der Waals surface area contributed by atoms with Crippen molar-refractivity contribution in [2.24, 2.45) is 5.92 Å². The molecule has 7 nitrogen and oxygen atoms in total. The number of carbonyl (C=O) groups is 2. The van der Waals surface area contributed by atoms with Crippen LogP contribution in [0.15, 0.2) is 48.5 Å². The first-order chi connectivity index (χ1) is 14.6. The topological polar surface area (TPSA) is 76.5 Å². The van der Waals surface area contributed by atoms with E-state index in [4.69, 9.17) is 4.74 Å². The highest BCUT2D eigenvalue weighted by molar-refractivity contribution is 6.01. The molecule has 1 aliphatic heterocycles. The number of amides is 2. The van der Waals surface area contributed by atoms with E-state index in [2.05, 4.69) is 14.9 Å². The van der Waals surface area contributed by atoms with Gasteiger partial charge >= 0.3 is 0 Å². The van der Waals surface area contributed by atoms with Crippen LogP contribution in [0.3, 0.4) is 0 Å². The third-order valence-corrected chi connectivity index (χ3v) is 5.43. The molecule has 2 heterocycles. The van der Waals surface area contributed by atoms with Gasteiger partial charge in [-0.1, -0.05) is 24.3 Å². The molecule has 1 unspecified atom stereocenters. The lowest BCUT2D eigenvalue weighted by molar-refractivity contribution is -0.126. The highest BCUT2D eigenvalue weighted by Gasteiger charge is 2.36. The Morgan fingerprint density at radius 3 is 2.80 bits per heavy atom. The van der Waals surface area contributed by atoms with E-state index in [9.17, 15) is 9.59 Å². The zero-order valence-corrected chi connectivity index (χ0v) is 17.3. The quantitative estimate of drug-likeness (QED) is 0.655. The summed E-state index contributed by atoms with van der Waals surface area (Å²) in [7, 11) is 0. The van der Waals surface area contributed by atoms with Crippen molar-refractivity contribution < 1.29 is 14.3 Å². The van der Waals surface area contributed by atoms with Crippen LogP contribution in [-0.2, 0) is 16.1 Å². The van der Waals surface area contributed by atoms with Crippen molar-refractivity contribution in [2.45, 2.75) is 26.8 Å². The Balaban J connectivity index is 1.38. The number of aryl methyl sites for hydroxylation is 1. The van der Waals surface area contributed by atoms with Crippen LogP contribution in [0.5, 0.6) is 5.75 Å². The number of nitrogens with zero attached hydrogens (tertiary/aromatic N) is 3. The van der Waals surface area contributed by atoms with E-state index in [1.165, 1.54) is 0 Å². The third-order valence-electron chi connectivity index (χ3n) is 5.43. The first-order valence-electron chi connectivity index (χ1n) is 10.3. The van der Waals surface area contributed by atoms with E-state index in [0.717, 1.165) is 22.5 Å². The Hall–Kier alpha value is -3.35. The van der Waals surface area contributed by atoms with Gasteiger partial charge in [-0.05, 0) is 38.1 Å². The number of nitrogens with one attached hydrogen (secondary N) is 1. The van der Waals surface area contributed by atoms with Crippen molar-refractivity contribution in [3.8, 4) is 5.75 Å². The van der Waals surface area contributed by atoms with Crippen LogP contribution < -0.4 is 15.0 Å². The maximum Gasteiger partial charge on any atom is 0.227 e. The van der Waals surface area contributed by atoms with Crippen molar-refractivity contribution in [3.63, 3.8) is 0 Å². The van der Waals surface area contributed by atoms with Crippen molar-refractivity contribution >= 4 is 28.5 Å². The molecule has 0 bridgehead atoms. The molecule has 1 fully saturated rings. The Bertz CT molecular complexity index is 1080. The first-order valence-corrected chi connectivity index (χ1v) is 10.3. The van der Waals surface area contributed by atoms with Gasteiger partial charge in [-0.2, -0.15) is 0 Å². The Kier molecular flexibility index (Phi) is 5.70. The van der Waals surface area contributed by atoms with E-state index in [0.29, 0.717) is 32.0 Å². The number of para-hydroxylation sites is 4. The zero-order chi connectivity index (χ0) is 21.1. The second-order valence-electron chi connectivity index (χ2n) is 7.40. The summed E-state index contributed by atoms with van der Waals surface area (Å²) >= 11 is 0. The van der Waals surface area contributed by atoms with Crippen molar-refractivity contribution in [1.82, 2.24) is 14.9 Å². The van der Waals surface area contributed by atoms with Crippen LogP contribution in [0.4, 0.5) is 5.69 Å². The van der Waals surface area contributed by atoms with Crippen LogP contribution in [-0.4, -0.2) is 41.1 Å². The van der Waals surface area contributed by atoms with Crippen LogP contribution >= 0.6 is 0 Å². The van der Waals surface area contributed by atoms with Crippen molar-refractivity contribution in [3.05, 3.63) is 54.4 Å². The average Bonchev–Trinajstić information content (AvgIpc) is 3.28. The summed E-state index contributed by atoms with van der Waals surface area (Å²) in [6.07, 6.45) is 0.208. The fraction of sp³-hybridized carbons (Fsp3) is 0.348. The molecule has 3 aromatic rings. The van der Waals surface area contributed by atoms with Crippen LogP contribution in [0.1, 0.15) is 19.2 Å². The maximum atomic E-state index is 12.7. The molecule has 2 aromatic carbocycles. The SMILES string of the molecule is CCOc1ccccc1N1CC(C(=O)NCCn2c(C)nc3ccccc32)CC1=O. The molecule has 0 radical (unpaired) electrons.